The van der Waals surface area contributed by atoms with Crippen molar-refractivity contribution in [3.05, 3.63) is 41.2 Å². The van der Waals surface area contributed by atoms with Gasteiger partial charge in [0.15, 0.2) is 0 Å². The van der Waals surface area contributed by atoms with Crippen LogP contribution in [0.5, 0.6) is 0 Å². The third kappa shape index (κ3) is 5.59. The molecule has 0 spiro atoms. The zero-order valence-electron chi connectivity index (χ0n) is 12.4. The maximum absolute atomic E-state index is 11.9. The van der Waals surface area contributed by atoms with Gasteiger partial charge in [0, 0.05) is 6.42 Å². The number of alkyl halides is 3. The Kier molecular flexibility index (Phi) is 6.62. The average molecular weight is 352 g/mol. The fourth-order valence-corrected chi connectivity index (χ4v) is 2.90. The molecule has 1 aromatic carbocycles. The van der Waals surface area contributed by atoms with Crippen molar-refractivity contribution in [2.24, 2.45) is 0 Å². The zero-order chi connectivity index (χ0) is 17.6. The number of esters is 1. The van der Waals surface area contributed by atoms with E-state index >= 15 is 0 Å². The first-order valence-corrected chi connectivity index (χ1v) is 7.90. The highest BCUT2D eigenvalue weighted by Gasteiger charge is 2.25. The quantitative estimate of drug-likeness (QED) is 0.605. The van der Waals surface area contributed by atoms with Crippen molar-refractivity contribution in [3.63, 3.8) is 0 Å². The summed E-state index contributed by atoms with van der Waals surface area (Å²) < 4.78 is 62.8. The molecule has 1 aromatic rings. The van der Waals surface area contributed by atoms with E-state index < -0.39 is 22.8 Å². The van der Waals surface area contributed by atoms with Crippen LogP contribution in [0.1, 0.15) is 19.4 Å². The number of rotatable bonds is 2. The van der Waals surface area contributed by atoms with E-state index in [4.69, 9.17) is 8.92 Å². The molecule has 128 valence electrons. The highest BCUT2D eigenvalue weighted by molar-refractivity contribution is 7.86. The molecular formula is C14H15F3O5S. The molecule has 0 aliphatic carbocycles. The van der Waals surface area contributed by atoms with Gasteiger partial charge in [-0.15, -0.1) is 0 Å². The van der Waals surface area contributed by atoms with Crippen LogP contribution in [0.2, 0.25) is 0 Å². The first-order chi connectivity index (χ1) is 10.7. The van der Waals surface area contributed by atoms with Gasteiger partial charge >= 0.3 is 22.8 Å². The van der Waals surface area contributed by atoms with E-state index in [1.165, 1.54) is 19.1 Å². The predicted octanol–water partition coefficient (Wildman–Crippen LogP) is 2.96. The van der Waals surface area contributed by atoms with E-state index in [9.17, 15) is 26.4 Å². The molecule has 0 saturated carbocycles. The van der Waals surface area contributed by atoms with Crippen molar-refractivity contribution in [2.75, 3.05) is 6.61 Å². The Morgan fingerprint density at radius 2 is 1.96 bits per heavy atom. The van der Waals surface area contributed by atoms with Crippen LogP contribution >= 0.6 is 0 Å². The van der Waals surface area contributed by atoms with E-state index in [0.717, 1.165) is 5.56 Å². The summed E-state index contributed by atoms with van der Waals surface area (Å²) in [5.74, 6) is -0.493. The minimum absolute atomic E-state index is 0.0604. The zero-order valence-corrected chi connectivity index (χ0v) is 13.2. The van der Waals surface area contributed by atoms with Crippen LogP contribution < -0.4 is 0 Å². The smallest absolute Gasteiger partial charge is 0.379 e. The van der Waals surface area contributed by atoms with Crippen LogP contribution in [0.15, 0.2) is 40.5 Å². The van der Waals surface area contributed by atoms with Gasteiger partial charge in [0.05, 0.1) is 12.2 Å². The molecule has 9 heteroatoms. The van der Waals surface area contributed by atoms with Gasteiger partial charge in [-0.25, -0.2) is 4.79 Å². The molecule has 0 N–H and O–H groups in total. The van der Waals surface area contributed by atoms with E-state index in [1.54, 1.807) is 19.1 Å². The molecule has 23 heavy (non-hydrogen) atoms. The van der Waals surface area contributed by atoms with Crippen LogP contribution in [0.4, 0.5) is 13.2 Å². The van der Waals surface area contributed by atoms with E-state index in [1.807, 2.05) is 0 Å². The van der Waals surface area contributed by atoms with Crippen LogP contribution in [0.3, 0.4) is 0 Å². The lowest BCUT2D eigenvalue weighted by molar-refractivity contribution is -0.138. The number of hydrogen-bond acceptors (Lipinski definition) is 5. The van der Waals surface area contributed by atoms with Gasteiger partial charge in [0.2, 0.25) is 0 Å². The lowest BCUT2D eigenvalue weighted by Gasteiger charge is -2.16. The van der Waals surface area contributed by atoms with Gasteiger partial charge < -0.3 is 8.92 Å². The second-order valence-corrected chi connectivity index (χ2v) is 5.91. The lowest BCUT2D eigenvalue weighted by atomic mass is 10.0. The summed E-state index contributed by atoms with van der Waals surface area (Å²) in [6.07, 6.45) is 0.286. The highest BCUT2D eigenvalue weighted by Crippen LogP contribution is 2.25. The Morgan fingerprint density at radius 3 is 2.52 bits per heavy atom. The maximum atomic E-state index is 11.9. The number of hydrogen-bond donors (Lipinski definition) is 0. The van der Waals surface area contributed by atoms with Crippen molar-refractivity contribution in [3.8, 4) is 0 Å². The van der Waals surface area contributed by atoms with Gasteiger partial charge in [-0.1, -0.05) is 12.1 Å². The van der Waals surface area contributed by atoms with E-state index in [-0.39, 0.29) is 29.3 Å². The summed E-state index contributed by atoms with van der Waals surface area (Å²) in [6.45, 7) is -0.299. The van der Waals surface area contributed by atoms with Crippen LogP contribution in [0.25, 0.3) is 0 Å². The van der Waals surface area contributed by atoms with Crippen molar-refractivity contribution in [2.45, 2.75) is 31.8 Å². The summed E-state index contributed by atoms with van der Waals surface area (Å²) in [7, 11) is -3.88. The van der Waals surface area contributed by atoms with Crippen LogP contribution in [-0.4, -0.2) is 27.7 Å². The summed E-state index contributed by atoms with van der Waals surface area (Å²) in [5.41, 5.74) is 0.953. The standard InChI is InChI=1S/C13H14O5S.CHF3/c1-3-17-13(14)12-8-10-5-4-6-11(7-10)19(15,16)18-9(12)2;2-1(3)4/h4-7H,3,8H2,1-2H3;1H. The first-order valence-electron chi connectivity index (χ1n) is 6.50. The number of fused-ring (bicyclic) bond motifs is 2. The van der Waals surface area contributed by atoms with Gasteiger partial charge in [-0.05, 0) is 31.5 Å². The third-order valence-electron chi connectivity index (χ3n) is 2.75. The van der Waals surface area contributed by atoms with E-state index in [2.05, 4.69) is 0 Å². The molecule has 0 fully saturated rings. The Bertz CT molecular complexity index is 695. The molecule has 1 aliphatic rings. The van der Waals surface area contributed by atoms with Crippen molar-refractivity contribution in [1.29, 1.82) is 0 Å². The summed E-state index contributed by atoms with van der Waals surface area (Å²) in [4.78, 5) is 11.9. The minimum atomic E-state index is -3.88. The minimum Gasteiger partial charge on any atom is -0.463 e. The predicted molar refractivity (Wildman–Crippen MR) is 74.9 cm³/mol. The lowest BCUT2D eigenvalue weighted by Crippen LogP contribution is -2.17. The van der Waals surface area contributed by atoms with Gasteiger partial charge in [-0.3, -0.25) is 0 Å². The van der Waals surface area contributed by atoms with Crippen LogP contribution in [0, 0.1) is 0 Å². The second kappa shape index (κ2) is 8.00. The molecular weight excluding hydrogens is 337 g/mol. The maximum Gasteiger partial charge on any atom is 0.379 e. The Balaban J connectivity index is 0.000000593. The van der Waals surface area contributed by atoms with Gasteiger partial charge in [-0.2, -0.15) is 21.6 Å². The molecule has 0 atom stereocenters. The number of carbonyl (C=O) groups excluding carboxylic acids is 1. The van der Waals surface area contributed by atoms with Gasteiger partial charge in [0.1, 0.15) is 10.7 Å². The van der Waals surface area contributed by atoms with Crippen molar-refractivity contribution in [1.82, 2.24) is 0 Å². The summed E-state index contributed by atoms with van der Waals surface area (Å²) in [5, 5.41) is 0. The molecule has 1 heterocycles. The number of benzene rings is 1. The molecule has 0 radical (unpaired) electrons. The Labute approximate surface area is 131 Å². The average Bonchev–Trinajstić information content (AvgIpc) is 2.43. The fourth-order valence-electron chi connectivity index (χ4n) is 1.84. The van der Waals surface area contributed by atoms with Gasteiger partial charge in [0.25, 0.3) is 0 Å². The molecule has 2 bridgehead atoms. The largest absolute Gasteiger partial charge is 0.463 e. The second-order valence-electron chi connectivity index (χ2n) is 4.36. The molecule has 0 aromatic heterocycles. The van der Waals surface area contributed by atoms with Crippen LogP contribution in [-0.2, 0) is 30.3 Å². The molecule has 0 amide bonds. The van der Waals surface area contributed by atoms with E-state index in [0.29, 0.717) is 0 Å². The normalized spacial score (nSPS) is 15.7. The summed E-state index contributed by atoms with van der Waals surface area (Å²) in [6, 6.07) is 6.34. The molecule has 5 nitrogen and oxygen atoms in total. The Morgan fingerprint density at radius 1 is 1.35 bits per heavy atom. The molecule has 1 aliphatic heterocycles. The highest BCUT2D eigenvalue weighted by atomic mass is 32.2. The number of halogens is 3. The van der Waals surface area contributed by atoms with Crippen molar-refractivity contribution < 1.29 is 35.3 Å². The first kappa shape index (κ1) is 19.0. The SMILES string of the molecule is CCOC(=O)C1=C(C)OS(=O)(=O)c2cccc(c2)C1.FC(F)F. The molecule has 2 rings (SSSR count). The third-order valence-corrected chi connectivity index (χ3v) is 4.05. The molecule has 0 unspecified atom stereocenters. The topological polar surface area (TPSA) is 69.7 Å². The fraction of sp³-hybridized carbons (Fsp3) is 0.357. The summed E-state index contributed by atoms with van der Waals surface area (Å²) >= 11 is 0. The van der Waals surface area contributed by atoms with Crippen molar-refractivity contribution >= 4 is 16.1 Å². The number of carbonyl (C=O) groups is 1. The number of allylic oxidation sites excluding steroid dienone is 1. The Hall–Kier alpha value is -2.03. The number of ether oxygens (including phenoxy) is 1. The molecule has 0 saturated heterocycles. The monoisotopic (exact) mass is 352 g/mol.